The molecule has 31 heavy (non-hydrogen) atoms. The van der Waals surface area contributed by atoms with Crippen LogP contribution in [0.2, 0.25) is 0 Å². The first kappa shape index (κ1) is 21.3. The Kier molecular flexibility index (Phi) is 5.28. The van der Waals surface area contributed by atoms with E-state index >= 15 is 0 Å². The number of hydrogen-bond donors (Lipinski definition) is 2. The van der Waals surface area contributed by atoms with Gasteiger partial charge in [0.2, 0.25) is 10.0 Å². The van der Waals surface area contributed by atoms with Crippen LogP contribution in [0, 0.1) is 0 Å². The molecule has 0 saturated heterocycles. The first-order chi connectivity index (χ1) is 14.6. The van der Waals surface area contributed by atoms with Crippen molar-refractivity contribution in [2.75, 3.05) is 6.61 Å². The van der Waals surface area contributed by atoms with Crippen molar-refractivity contribution in [2.24, 2.45) is 5.14 Å². The molecule has 0 saturated carbocycles. The Bertz CT molecular complexity index is 1250. The summed E-state index contributed by atoms with van der Waals surface area (Å²) in [5.41, 5.74) is 0.536. The average Bonchev–Trinajstić information content (AvgIpc) is 3.18. The van der Waals surface area contributed by atoms with Crippen molar-refractivity contribution in [1.29, 1.82) is 0 Å². The highest BCUT2D eigenvalue weighted by Crippen LogP contribution is 2.36. The van der Waals surface area contributed by atoms with Crippen LogP contribution in [0.5, 0.6) is 5.75 Å². The largest absolute Gasteiger partial charge is 0.493 e. The number of fused-ring (bicyclic) bond motifs is 1. The summed E-state index contributed by atoms with van der Waals surface area (Å²) < 4.78 is 70.3. The number of sulfonamides is 1. The summed E-state index contributed by atoms with van der Waals surface area (Å²) in [6.45, 7) is -0.0820. The highest BCUT2D eigenvalue weighted by molar-refractivity contribution is 7.89. The second kappa shape index (κ2) is 7.66. The Morgan fingerprint density at radius 1 is 1.16 bits per heavy atom. The molecule has 1 aliphatic heterocycles. The van der Waals surface area contributed by atoms with Gasteiger partial charge >= 0.3 is 6.18 Å². The van der Waals surface area contributed by atoms with Crippen LogP contribution in [0.3, 0.4) is 0 Å². The highest BCUT2D eigenvalue weighted by atomic mass is 32.2. The number of nitrogens with zero attached hydrogens (tertiary/aromatic N) is 2. The van der Waals surface area contributed by atoms with Crippen molar-refractivity contribution >= 4 is 10.0 Å². The molecular formula is C20H18F3N3O4S. The summed E-state index contributed by atoms with van der Waals surface area (Å²) in [7, 11) is -4.12. The minimum absolute atomic E-state index is 0.0474. The normalized spacial score (nSPS) is 14.2. The van der Waals surface area contributed by atoms with Gasteiger partial charge in [-0.2, -0.15) is 18.3 Å². The lowest BCUT2D eigenvalue weighted by Gasteiger charge is -2.18. The molecule has 2 aromatic carbocycles. The zero-order chi connectivity index (χ0) is 22.4. The lowest BCUT2D eigenvalue weighted by atomic mass is 10.0. The monoisotopic (exact) mass is 453 g/mol. The molecule has 3 aromatic rings. The number of aryl methyl sites for hydroxylation is 1. The standard InChI is InChI=1S/C20H18F3N3O4S/c21-20(22,23)19-10-16(12-3-5-17-13(8-12)2-1-7-30-17)26(25-19)15-4-6-18(31(24,28)29)14(9-15)11-27/h3-6,8-10,27H,1-2,7,11H2,(H2,24,28,29). The van der Waals surface area contributed by atoms with Gasteiger partial charge in [-0.1, -0.05) is 0 Å². The van der Waals surface area contributed by atoms with Gasteiger partial charge in [-0.3, -0.25) is 0 Å². The summed E-state index contributed by atoms with van der Waals surface area (Å²) in [5.74, 6) is 0.692. The number of nitrogens with two attached hydrogens (primary N) is 1. The maximum atomic E-state index is 13.4. The molecule has 11 heteroatoms. The van der Waals surface area contributed by atoms with Crippen molar-refractivity contribution in [2.45, 2.75) is 30.5 Å². The van der Waals surface area contributed by atoms with Crippen LogP contribution in [0.4, 0.5) is 13.2 Å². The van der Waals surface area contributed by atoms with E-state index < -0.39 is 28.5 Å². The van der Waals surface area contributed by atoms with Gasteiger partial charge in [0.1, 0.15) is 5.75 Å². The number of aliphatic hydroxyl groups excluding tert-OH is 1. The molecule has 1 aliphatic rings. The van der Waals surface area contributed by atoms with E-state index in [1.54, 1.807) is 18.2 Å². The van der Waals surface area contributed by atoms with E-state index in [0.29, 0.717) is 17.9 Å². The highest BCUT2D eigenvalue weighted by Gasteiger charge is 2.35. The van der Waals surface area contributed by atoms with Crippen LogP contribution < -0.4 is 9.88 Å². The number of ether oxygens (including phenoxy) is 1. The number of primary sulfonamides is 1. The fourth-order valence-electron chi connectivity index (χ4n) is 3.54. The molecule has 0 radical (unpaired) electrons. The maximum absolute atomic E-state index is 13.4. The second-order valence-electron chi connectivity index (χ2n) is 7.09. The first-order valence-corrected chi connectivity index (χ1v) is 10.8. The zero-order valence-electron chi connectivity index (χ0n) is 16.1. The van der Waals surface area contributed by atoms with Crippen molar-refractivity contribution in [3.8, 4) is 22.7 Å². The van der Waals surface area contributed by atoms with Gasteiger partial charge < -0.3 is 9.84 Å². The summed E-state index contributed by atoms with van der Waals surface area (Å²) in [5, 5.41) is 18.4. The number of alkyl halides is 3. The Labute approximate surface area is 175 Å². The SMILES string of the molecule is NS(=O)(=O)c1ccc(-n2nc(C(F)(F)F)cc2-c2ccc3c(c2)CCCO3)cc1CO. The van der Waals surface area contributed by atoms with Gasteiger partial charge in [-0.25, -0.2) is 18.2 Å². The molecule has 0 atom stereocenters. The number of aliphatic hydroxyl groups is 1. The lowest BCUT2D eigenvalue weighted by Crippen LogP contribution is -2.15. The van der Waals surface area contributed by atoms with E-state index in [2.05, 4.69) is 5.10 Å². The van der Waals surface area contributed by atoms with Gasteiger partial charge in [0.25, 0.3) is 0 Å². The minimum atomic E-state index is -4.68. The number of rotatable bonds is 4. The van der Waals surface area contributed by atoms with E-state index in [4.69, 9.17) is 9.88 Å². The van der Waals surface area contributed by atoms with Gasteiger partial charge in [-0.05, 0) is 66.4 Å². The van der Waals surface area contributed by atoms with Crippen molar-refractivity contribution in [1.82, 2.24) is 9.78 Å². The van der Waals surface area contributed by atoms with E-state index in [-0.39, 0.29) is 21.8 Å². The third-order valence-corrected chi connectivity index (χ3v) is 5.98. The molecule has 0 unspecified atom stereocenters. The summed E-state index contributed by atoms with van der Waals surface area (Å²) >= 11 is 0. The van der Waals surface area contributed by atoms with Crippen LogP contribution in [0.1, 0.15) is 23.2 Å². The van der Waals surface area contributed by atoms with Crippen molar-refractivity contribution in [3.63, 3.8) is 0 Å². The van der Waals surface area contributed by atoms with Gasteiger partial charge in [0, 0.05) is 5.56 Å². The molecule has 0 aliphatic carbocycles. The average molecular weight is 453 g/mol. The Morgan fingerprint density at radius 2 is 1.94 bits per heavy atom. The molecular weight excluding hydrogens is 435 g/mol. The fourth-order valence-corrected chi connectivity index (χ4v) is 4.29. The molecule has 0 spiro atoms. The maximum Gasteiger partial charge on any atom is 0.435 e. The predicted octanol–water partition coefficient (Wildman–Crippen LogP) is 3.02. The number of halogens is 3. The quantitative estimate of drug-likeness (QED) is 0.632. The van der Waals surface area contributed by atoms with Crippen LogP contribution in [-0.2, 0) is 29.2 Å². The van der Waals surface area contributed by atoms with Crippen LogP contribution in [-0.4, -0.2) is 29.9 Å². The second-order valence-corrected chi connectivity index (χ2v) is 8.62. The molecule has 3 N–H and O–H groups in total. The minimum Gasteiger partial charge on any atom is -0.493 e. The van der Waals surface area contributed by atoms with Gasteiger partial charge in [0.15, 0.2) is 5.69 Å². The Morgan fingerprint density at radius 3 is 2.61 bits per heavy atom. The zero-order valence-corrected chi connectivity index (χ0v) is 16.9. The Hall–Kier alpha value is -2.89. The molecule has 0 amide bonds. The number of benzene rings is 2. The van der Waals surface area contributed by atoms with Gasteiger partial charge in [0.05, 0.1) is 29.5 Å². The fraction of sp³-hybridized carbons (Fsp3) is 0.250. The summed E-state index contributed by atoms with van der Waals surface area (Å²) in [6, 6.07) is 9.71. The van der Waals surface area contributed by atoms with Crippen LogP contribution in [0.25, 0.3) is 16.9 Å². The van der Waals surface area contributed by atoms with E-state index in [0.717, 1.165) is 35.2 Å². The predicted molar refractivity (Wildman–Crippen MR) is 105 cm³/mol. The van der Waals surface area contributed by atoms with E-state index in [9.17, 15) is 26.7 Å². The van der Waals surface area contributed by atoms with E-state index in [1.165, 1.54) is 12.1 Å². The Balaban J connectivity index is 1.90. The lowest BCUT2D eigenvalue weighted by molar-refractivity contribution is -0.141. The number of hydrogen-bond acceptors (Lipinski definition) is 5. The summed E-state index contributed by atoms with van der Waals surface area (Å²) in [4.78, 5) is -0.311. The number of aromatic nitrogens is 2. The smallest absolute Gasteiger partial charge is 0.435 e. The van der Waals surface area contributed by atoms with Crippen LogP contribution in [0.15, 0.2) is 47.4 Å². The topological polar surface area (TPSA) is 107 Å². The third-order valence-electron chi connectivity index (χ3n) is 4.97. The molecule has 0 fully saturated rings. The third kappa shape index (κ3) is 4.16. The van der Waals surface area contributed by atoms with E-state index in [1.807, 2.05) is 0 Å². The molecule has 164 valence electrons. The molecule has 7 nitrogen and oxygen atoms in total. The first-order valence-electron chi connectivity index (χ1n) is 9.28. The molecule has 4 rings (SSSR count). The van der Waals surface area contributed by atoms with Crippen molar-refractivity contribution in [3.05, 3.63) is 59.3 Å². The molecule has 0 bridgehead atoms. The van der Waals surface area contributed by atoms with Crippen molar-refractivity contribution < 1.29 is 31.4 Å². The van der Waals surface area contributed by atoms with Crippen LogP contribution >= 0.6 is 0 Å². The molecule has 1 aromatic heterocycles. The summed E-state index contributed by atoms with van der Waals surface area (Å²) in [6.07, 6.45) is -3.14. The molecule has 2 heterocycles. The van der Waals surface area contributed by atoms with Gasteiger partial charge in [-0.15, -0.1) is 0 Å².